The second-order valence-electron chi connectivity index (χ2n) is 3.99. The van der Waals surface area contributed by atoms with Gasteiger partial charge in [0.2, 0.25) is 0 Å². The summed E-state index contributed by atoms with van der Waals surface area (Å²) < 4.78 is 9.02. The van der Waals surface area contributed by atoms with Crippen molar-refractivity contribution >= 4 is 11.9 Å². The van der Waals surface area contributed by atoms with E-state index in [0.717, 1.165) is 0 Å². The SMILES string of the molecule is C=CCCCC.COC(=O)c1ccc(C(=O)OC)cc1. The quantitative estimate of drug-likeness (QED) is 0.469. The first-order valence-corrected chi connectivity index (χ1v) is 6.48. The van der Waals surface area contributed by atoms with Crippen molar-refractivity contribution in [2.75, 3.05) is 14.2 Å². The van der Waals surface area contributed by atoms with Crippen LogP contribution >= 0.6 is 0 Å². The zero-order valence-corrected chi connectivity index (χ0v) is 12.3. The molecule has 0 saturated carbocycles. The van der Waals surface area contributed by atoms with E-state index in [-0.39, 0.29) is 0 Å². The number of rotatable bonds is 5. The number of esters is 2. The largest absolute Gasteiger partial charge is 0.465 e. The zero-order valence-electron chi connectivity index (χ0n) is 12.3. The Kier molecular flexibility index (Phi) is 9.66. The minimum Gasteiger partial charge on any atom is -0.465 e. The lowest BCUT2D eigenvalue weighted by Crippen LogP contribution is -2.04. The van der Waals surface area contributed by atoms with Crippen molar-refractivity contribution in [2.45, 2.75) is 26.2 Å². The Morgan fingerprint density at radius 2 is 1.45 bits per heavy atom. The highest BCUT2D eigenvalue weighted by Gasteiger charge is 2.08. The van der Waals surface area contributed by atoms with Gasteiger partial charge in [-0.1, -0.05) is 25.8 Å². The third kappa shape index (κ3) is 6.73. The molecule has 110 valence electrons. The molecule has 20 heavy (non-hydrogen) atoms. The third-order valence-electron chi connectivity index (χ3n) is 2.49. The van der Waals surface area contributed by atoms with Crippen LogP contribution in [0.15, 0.2) is 36.9 Å². The van der Waals surface area contributed by atoms with E-state index in [9.17, 15) is 9.59 Å². The molecule has 0 spiro atoms. The molecular weight excluding hydrogens is 256 g/mol. The van der Waals surface area contributed by atoms with Crippen molar-refractivity contribution < 1.29 is 19.1 Å². The average Bonchev–Trinajstić information content (AvgIpc) is 2.52. The summed E-state index contributed by atoms with van der Waals surface area (Å²) >= 11 is 0. The number of hydrogen-bond donors (Lipinski definition) is 0. The van der Waals surface area contributed by atoms with E-state index in [0.29, 0.717) is 11.1 Å². The Hall–Kier alpha value is -2.10. The van der Waals surface area contributed by atoms with E-state index >= 15 is 0 Å². The van der Waals surface area contributed by atoms with Gasteiger partial charge < -0.3 is 9.47 Å². The standard InChI is InChI=1S/C10H10O4.C6H12/c1-13-9(11)7-3-5-8(6-4-7)10(12)14-2;1-3-5-6-4-2/h3-6H,1-2H3;3H,1,4-6H2,2H3. The van der Waals surface area contributed by atoms with Gasteiger partial charge in [0.15, 0.2) is 0 Å². The number of carbonyl (C=O) groups excluding carboxylic acids is 2. The Bertz CT molecular complexity index is 386. The minimum atomic E-state index is -0.429. The van der Waals surface area contributed by atoms with Gasteiger partial charge in [0.05, 0.1) is 25.3 Å². The first-order chi connectivity index (χ1) is 9.60. The highest BCUT2D eigenvalue weighted by atomic mass is 16.5. The van der Waals surface area contributed by atoms with Crippen molar-refractivity contribution in [1.29, 1.82) is 0 Å². The van der Waals surface area contributed by atoms with Crippen molar-refractivity contribution in [3.63, 3.8) is 0 Å². The van der Waals surface area contributed by atoms with E-state index < -0.39 is 11.9 Å². The number of methoxy groups -OCH3 is 2. The molecule has 0 atom stereocenters. The van der Waals surface area contributed by atoms with E-state index in [4.69, 9.17) is 0 Å². The van der Waals surface area contributed by atoms with Crippen LogP contribution < -0.4 is 0 Å². The molecule has 0 unspecified atom stereocenters. The van der Waals surface area contributed by atoms with Gasteiger partial charge in [0.1, 0.15) is 0 Å². The Morgan fingerprint density at radius 1 is 1.05 bits per heavy atom. The lowest BCUT2D eigenvalue weighted by molar-refractivity contribution is 0.0586. The lowest BCUT2D eigenvalue weighted by atomic mass is 10.1. The fraction of sp³-hybridized carbons (Fsp3) is 0.375. The maximum Gasteiger partial charge on any atom is 0.337 e. The lowest BCUT2D eigenvalue weighted by Gasteiger charge is -2.00. The summed E-state index contributed by atoms with van der Waals surface area (Å²) in [6, 6.07) is 6.05. The summed E-state index contributed by atoms with van der Waals surface area (Å²) in [5.74, 6) is -0.858. The van der Waals surface area contributed by atoms with Crippen molar-refractivity contribution in [3.05, 3.63) is 48.0 Å². The third-order valence-corrected chi connectivity index (χ3v) is 2.49. The highest BCUT2D eigenvalue weighted by molar-refractivity contribution is 5.93. The summed E-state index contributed by atoms with van der Waals surface area (Å²) in [4.78, 5) is 22.1. The Labute approximate surface area is 120 Å². The molecule has 0 bridgehead atoms. The van der Waals surface area contributed by atoms with E-state index in [2.05, 4.69) is 23.0 Å². The van der Waals surface area contributed by atoms with Gasteiger partial charge >= 0.3 is 11.9 Å². The maximum absolute atomic E-state index is 11.0. The second-order valence-corrected chi connectivity index (χ2v) is 3.99. The van der Waals surface area contributed by atoms with Crippen LogP contribution in [0.2, 0.25) is 0 Å². The first kappa shape index (κ1) is 17.9. The molecule has 1 aromatic rings. The zero-order chi connectivity index (χ0) is 15.4. The van der Waals surface area contributed by atoms with Crippen LogP contribution in [0, 0.1) is 0 Å². The maximum atomic E-state index is 11.0. The smallest absolute Gasteiger partial charge is 0.337 e. The van der Waals surface area contributed by atoms with E-state index in [1.54, 1.807) is 0 Å². The fourth-order valence-electron chi connectivity index (χ4n) is 1.33. The van der Waals surface area contributed by atoms with E-state index in [1.165, 1.54) is 57.7 Å². The molecule has 0 saturated heterocycles. The van der Waals surface area contributed by atoms with E-state index in [1.807, 2.05) is 6.08 Å². The fourth-order valence-corrected chi connectivity index (χ4v) is 1.33. The number of allylic oxidation sites excluding steroid dienone is 1. The number of hydrogen-bond acceptors (Lipinski definition) is 4. The van der Waals surface area contributed by atoms with Crippen LogP contribution in [0.3, 0.4) is 0 Å². The second kappa shape index (κ2) is 10.8. The molecule has 0 amide bonds. The molecule has 1 aromatic carbocycles. The normalized spacial score (nSPS) is 8.95. The summed E-state index contributed by atoms with van der Waals surface area (Å²) in [5.41, 5.74) is 0.806. The molecule has 0 heterocycles. The molecular formula is C16H22O4. The molecule has 0 radical (unpaired) electrons. The topological polar surface area (TPSA) is 52.6 Å². The van der Waals surface area contributed by atoms with Gasteiger partial charge in [-0.3, -0.25) is 0 Å². The van der Waals surface area contributed by atoms with Crippen LogP contribution in [0.5, 0.6) is 0 Å². The van der Waals surface area contributed by atoms with Gasteiger partial charge in [0, 0.05) is 0 Å². The van der Waals surface area contributed by atoms with Crippen molar-refractivity contribution in [1.82, 2.24) is 0 Å². The van der Waals surface area contributed by atoms with Crippen molar-refractivity contribution in [2.24, 2.45) is 0 Å². The predicted molar refractivity (Wildman–Crippen MR) is 78.8 cm³/mol. The Morgan fingerprint density at radius 3 is 1.65 bits per heavy atom. The van der Waals surface area contributed by atoms with Gasteiger partial charge in [-0.05, 0) is 30.7 Å². The molecule has 1 rings (SSSR count). The van der Waals surface area contributed by atoms with Gasteiger partial charge in [-0.2, -0.15) is 0 Å². The molecule has 0 aromatic heterocycles. The first-order valence-electron chi connectivity index (χ1n) is 6.48. The predicted octanol–water partition coefficient (Wildman–Crippen LogP) is 3.62. The van der Waals surface area contributed by atoms with Gasteiger partial charge in [-0.25, -0.2) is 9.59 Å². The molecule has 0 aliphatic carbocycles. The molecule has 0 aliphatic heterocycles. The summed E-state index contributed by atoms with van der Waals surface area (Å²) in [7, 11) is 2.60. The molecule has 0 fully saturated rings. The number of carbonyl (C=O) groups is 2. The van der Waals surface area contributed by atoms with Crippen LogP contribution in [-0.4, -0.2) is 26.2 Å². The van der Waals surface area contributed by atoms with Gasteiger partial charge in [0.25, 0.3) is 0 Å². The molecule has 0 aliphatic rings. The number of benzene rings is 1. The monoisotopic (exact) mass is 278 g/mol. The summed E-state index contributed by atoms with van der Waals surface area (Å²) in [5, 5.41) is 0. The van der Waals surface area contributed by atoms with Crippen LogP contribution in [-0.2, 0) is 9.47 Å². The molecule has 4 nitrogen and oxygen atoms in total. The minimum absolute atomic E-state index is 0.403. The highest BCUT2D eigenvalue weighted by Crippen LogP contribution is 2.06. The van der Waals surface area contributed by atoms with Crippen LogP contribution in [0.25, 0.3) is 0 Å². The summed E-state index contributed by atoms with van der Waals surface area (Å²) in [6.45, 7) is 5.78. The molecule has 0 N–H and O–H groups in total. The van der Waals surface area contributed by atoms with Crippen LogP contribution in [0.4, 0.5) is 0 Å². The average molecular weight is 278 g/mol. The Balaban J connectivity index is 0.000000511. The molecule has 4 heteroatoms. The number of ether oxygens (including phenoxy) is 2. The van der Waals surface area contributed by atoms with Gasteiger partial charge in [-0.15, -0.1) is 6.58 Å². The van der Waals surface area contributed by atoms with Crippen molar-refractivity contribution in [3.8, 4) is 0 Å². The summed E-state index contributed by atoms with van der Waals surface area (Å²) in [6.07, 6.45) is 5.72. The van der Waals surface area contributed by atoms with Crippen LogP contribution in [0.1, 0.15) is 46.9 Å². The number of unbranched alkanes of at least 4 members (excludes halogenated alkanes) is 2.